The molecule has 0 bridgehead atoms. The molecule has 1 atom stereocenters. The summed E-state index contributed by atoms with van der Waals surface area (Å²) in [5.74, 6) is 0. The predicted molar refractivity (Wildman–Crippen MR) is 61.1 cm³/mol. The highest BCUT2D eigenvalue weighted by atomic mass is 16.5. The van der Waals surface area contributed by atoms with Crippen LogP contribution in [0, 0.1) is 0 Å². The summed E-state index contributed by atoms with van der Waals surface area (Å²) in [4.78, 5) is 0. The minimum atomic E-state index is -0.386. The first-order valence-corrected chi connectivity index (χ1v) is 5.68. The molecule has 0 aromatic rings. The SMILES string of the molecule is COCCCCCCNCC(O)COC. The molecule has 0 fully saturated rings. The number of methoxy groups -OCH3 is 2. The number of ether oxygens (including phenoxy) is 2. The molecule has 0 spiro atoms. The smallest absolute Gasteiger partial charge is 0.0897 e. The highest BCUT2D eigenvalue weighted by molar-refractivity contribution is 4.57. The van der Waals surface area contributed by atoms with E-state index in [1.54, 1.807) is 14.2 Å². The molecular formula is C11H25NO3. The molecule has 2 N–H and O–H groups in total. The first-order chi connectivity index (χ1) is 7.31. The molecule has 0 rings (SSSR count). The predicted octanol–water partition coefficient (Wildman–Crippen LogP) is 0.790. The van der Waals surface area contributed by atoms with Crippen molar-refractivity contribution >= 4 is 0 Å². The van der Waals surface area contributed by atoms with Crippen molar-refractivity contribution in [2.45, 2.75) is 31.8 Å². The van der Waals surface area contributed by atoms with Gasteiger partial charge in [0.05, 0.1) is 12.7 Å². The molecule has 0 aliphatic heterocycles. The maximum absolute atomic E-state index is 9.32. The van der Waals surface area contributed by atoms with E-state index in [-0.39, 0.29) is 6.10 Å². The second kappa shape index (κ2) is 11.9. The van der Waals surface area contributed by atoms with E-state index in [1.807, 2.05) is 0 Å². The fourth-order valence-corrected chi connectivity index (χ4v) is 1.37. The van der Waals surface area contributed by atoms with Gasteiger partial charge in [-0.3, -0.25) is 0 Å². The number of hydrogen-bond acceptors (Lipinski definition) is 4. The van der Waals surface area contributed by atoms with Crippen LogP contribution in [-0.4, -0.2) is 51.7 Å². The number of nitrogens with one attached hydrogen (secondary N) is 1. The lowest BCUT2D eigenvalue weighted by Gasteiger charge is -2.10. The van der Waals surface area contributed by atoms with Crippen molar-refractivity contribution in [2.24, 2.45) is 0 Å². The van der Waals surface area contributed by atoms with Gasteiger partial charge in [0, 0.05) is 27.4 Å². The average molecular weight is 219 g/mol. The number of aliphatic hydroxyl groups excluding tert-OH is 1. The third-order valence-corrected chi connectivity index (χ3v) is 2.19. The molecule has 0 aliphatic rings. The van der Waals surface area contributed by atoms with E-state index in [0.29, 0.717) is 13.2 Å². The third kappa shape index (κ3) is 11.8. The van der Waals surface area contributed by atoms with Crippen LogP contribution >= 0.6 is 0 Å². The van der Waals surface area contributed by atoms with Crippen molar-refractivity contribution in [1.82, 2.24) is 5.32 Å². The highest BCUT2D eigenvalue weighted by Gasteiger charge is 2.00. The molecule has 0 radical (unpaired) electrons. The van der Waals surface area contributed by atoms with Gasteiger partial charge in [-0.2, -0.15) is 0 Å². The van der Waals surface area contributed by atoms with Crippen molar-refractivity contribution in [3.63, 3.8) is 0 Å². The maximum Gasteiger partial charge on any atom is 0.0897 e. The molecule has 0 saturated carbocycles. The first-order valence-electron chi connectivity index (χ1n) is 5.68. The van der Waals surface area contributed by atoms with Gasteiger partial charge in [0.25, 0.3) is 0 Å². The molecule has 4 nitrogen and oxygen atoms in total. The Balaban J connectivity index is 2.98. The topological polar surface area (TPSA) is 50.7 Å². The lowest BCUT2D eigenvalue weighted by molar-refractivity contribution is 0.0646. The van der Waals surface area contributed by atoms with Crippen LogP contribution in [-0.2, 0) is 9.47 Å². The van der Waals surface area contributed by atoms with Gasteiger partial charge in [-0.25, -0.2) is 0 Å². The molecule has 92 valence electrons. The molecule has 0 amide bonds. The molecule has 0 aromatic carbocycles. The summed E-state index contributed by atoms with van der Waals surface area (Å²) in [5, 5.41) is 12.5. The van der Waals surface area contributed by atoms with Crippen molar-refractivity contribution in [3.05, 3.63) is 0 Å². The molecule has 1 unspecified atom stereocenters. The second-order valence-corrected chi connectivity index (χ2v) is 3.72. The largest absolute Gasteiger partial charge is 0.389 e. The van der Waals surface area contributed by atoms with Crippen LogP contribution in [0.2, 0.25) is 0 Å². The normalized spacial score (nSPS) is 13.0. The van der Waals surface area contributed by atoms with E-state index in [0.717, 1.165) is 26.0 Å². The van der Waals surface area contributed by atoms with Crippen molar-refractivity contribution < 1.29 is 14.6 Å². The Labute approximate surface area is 93.0 Å². The Morgan fingerprint density at radius 3 is 2.47 bits per heavy atom. The Morgan fingerprint density at radius 1 is 1.07 bits per heavy atom. The van der Waals surface area contributed by atoms with Gasteiger partial charge in [0.2, 0.25) is 0 Å². The van der Waals surface area contributed by atoms with E-state index in [2.05, 4.69) is 5.32 Å². The number of rotatable bonds is 11. The monoisotopic (exact) mass is 219 g/mol. The fraction of sp³-hybridized carbons (Fsp3) is 1.00. The lowest BCUT2D eigenvalue weighted by Crippen LogP contribution is -2.30. The van der Waals surface area contributed by atoms with Crippen LogP contribution < -0.4 is 5.32 Å². The van der Waals surface area contributed by atoms with Crippen LogP contribution in [0.25, 0.3) is 0 Å². The van der Waals surface area contributed by atoms with Crippen LogP contribution in [0.4, 0.5) is 0 Å². The van der Waals surface area contributed by atoms with E-state index in [4.69, 9.17) is 9.47 Å². The van der Waals surface area contributed by atoms with E-state index >= 15 is 0 Å². The second-order valence-electron chi connectivity index (χ2n) is 3.72. The molecule has 0 saturated heterocycles. The third-order valence-electron chi connectivity index (χ3n) is 2.19. The number of hydrogen-bond donors (Lipinski definition) is 2. The summed E-state index contributed by atoms with van der Waals surface area (Å²) < 4.78 is 9.79. The minimum absolute atomic E-state index is 0.386. The zero-order valence-electron chi connectivity index (χ0n) is 10.00. The molecule has 15 heavy (non-hydrogen) atoms. The van der Waals surface area contributed by atoms with Gasteiger partial charge in [-0.05, 0) is 19.4 Å². The Morgan fingerprint density at radius 2 is 1.80 bits per heavy atom. The Kier molecular flexibility index (Phi) is 11.8. The average Bonchev–Trinajstić information content (AvgIpc) is 2.22. The van der Waals surface area contributed by atoms with Crippen LogP contribution in [0.3, 0.4) is 0 Å². The standard InChI is InChI=1S/C11H25NO3/c1-14-8-6-4-3-5-7-12-9-11(13)10-15-2/h11-13H,3-10H2,1-2H3. The highest BCUT2D eigenvalue weighted by Crippen LogP contribution is 1.98. The van der Waals surface area contributed by atoms with Gasteiger partial charge < -0.3 is 19.9 Å². The summed E-state index contributed by atoms with van der Waals surface area (Å²) in [6.45, 7) is 2.85. The van der Waals surface area contributed by atoms with Gasteiger partial charge in [-0.15, -0.1) is 0 Å². The van der Waals surface area contributed by atoms with E-state index < -0.39 is 0 Å². The van der Waals surface area contributed by atoms with Crippen molar-refractivity contribution in [1.29, 1.82) is 0 Å². The summed E-state index contributed by atoms with van der Waals surface area (Å²) in [6, 6.07) is 0. The summed E-state index contributed by atoms with van der Waals surface area (Å²) >= 11 is 0. The van der Waals surface area contributed by atoms with Gasteiger partial charge in [0.15, 0.2) is 0 Å². The summed E-state index contributed by atoms with van der Waals surface area (Å²) in [6.07, 6.45) is 4.35. The molecular weight excluding hydrogens is 194 g/mol. The summed E-state index contributed by atoms with van der Waals surface area (Å²) in [7, 11) is 3.33. The number of aliphatic hydroxyl groups is 1. The van der Waals surface area contributed by atoms with Crippen LogP contribution in [0.15, 0.2) is 0 Å². The molecule has 0 aromatic heterocycles. The van der Waals surface area contributed by atoms with Crippen molar-refractivity contribution in [2.75, 3.05) is 40.5 Å². The van der Waals surface area contributed by atoms with Crippen molar-refractivity contribution in [3.8, 4) is 0 Å². The summed E-state index contributed by atoms with van der Waals surface area (Å²) in [5.41, 5.74) is 0. The van der Waals surface area contributed by atoms with Gasteiger partial charge >= 0.3 is 0 Å². The van der Waals surface area contributed by atoms with Gasteiger partial charge in [0.1, 0.15) is 0 Å². The van der Waals surface area contributed by atoms with Gasteiger partial charge in [-0.1, -0.05) is 12.8 Å². The van der Waals surface area contributed by atoms with Crippen LogP contribution in [0.1, 0.15) is 25.7 Å². The molecule has 4 heteroatoms. The number of unbranched alkanes of at least 4 members (excludes halogenated alkanes) is 3. The fourth-order valence-electron chi connectivity index (χ4n) is 1.37. The zero-order valence-corrected chi connectivity index (χ0v) is 10.00. The Bertz CT molecular complexity index is 122. The van der Waals surface area contributed by atoms with E-state index in [1.165, 1.54) is 12.8 Å². The maximum atomic E-state index is 9.32. The minimum Gasteiger partial charge on any atom is -0.389 e. The van der Waals surface area contributed by atoms with E-state index in [9.17, 15) is 5.11 Å². The molecule has 0 aliphatic carbocycles. The Hall–Kier alpha value is -0.160. The van der Waals surface area contributed by atoms with Crippen LogP contribution in [0.5, 0.6) is 0 Å². The lowest BCUT2D eigenvalue weighted by atomic mass is 10.2. The zero-order chi connectivity index (χ0) is 11.4. The molecule has 0 heterocycles. The quantitative estimate of drug-likeness (QED) is 0.504. The first kappa shape index (κ1) is 14.8.